The first-order valence-corrected chi connectivity index (χ1v) is 15.4. The number of aryl methyl sites for hydroxylation is 1. The summed E-state index contributed by atoms with van der Waals surface area (Å²) in [5.41, 5.74) is 2.34. The van der Waals surface area contributed by atoms with Crippen LogP contribution in [0, 0.1) is 25.7 Å². The van der Waals surface area contributed by atoms with Gasteiger partial charge in [-0.25, -0.2) is 0 Å². The van der Waals surface area contributed by atoms with Crippen molar-refractivity contribution in [3.63, 3.8) is 0 Å². The maximum atomic E-state index is 13.7. The molecule has 0 saturated carbocycles. The van der Waals surface area contributed by atoms with Crippen molar-refractivity contribution in [1.29, 1.82) is 0 Å². The summed E-state index contributed by atoms with van der Waals surface area (Å²) in [7, 11) is 1.72. The van der Waals surface area contributed by atoms with Crippen LogP contribution in [-0.2, 0) is 14.4 Å². The topological polar surface area (TPSA) is 126 Å². The summed E-state index contributed by atoms with van der Waals surface area (Å²) in [5.74, 6) is -0.347. The molecule has 0 bridgehead atoms. The van der Waals surface area contributed by atoms with Crippen molar-refractivity contribution in [1.82, 2.24) is 20.9 Å². The van der Waals surface area contributed by atoms with Crippen LogP contribution in [0.15, 0.2) is 42.5 Å². The van der Waals surface area contributed by atoms with E-state index < -0.39 is 29.8 Å². The van der Waals surface area contributed by atoms with Gasteiger partial charge >= 0.3 is 0 Å². The highest BCUT2D eigenvalue weighted by Crippen LogP contribution is 2.22. The van der Waals surface area contributed by atoms with Crippen LogP contribution >= 0.6 is 0 Å². The predicted molar refractivity (Wildman–Crippen MR) is 170 cm³/mol. The molecule has 0 saturated heterocycles. The molecule has 240 valence electrons. The predicted octanol–water partition coefficient (Wildman–Crippen LogP) is 3.78. The number of hydrogen-bond acceptors (Lipinski definition) is 6. The van der Waals surface area contributed by atoms with Crippen LogP contribution in [0.25, 0.3) is 0 Å². The molecule has 0 aliphatic carbocycles. The fourth-order valence-electron chi connectivity index (χ4n) is 5.19. The molecule has 3 N–H and O–H groups in total. The van der Waals surface area contributed by atoms with Gasteiger partial charge in [-0.15, -0.1) is 0 Å². The standard InChI is InChI=1S/C34H48N4O6/c1-21(2)17-25-20-44-30-13-9-8-12-26(30)32(40)37-27(19-31(39)36-28(18-22(3)4)34(42)38(25)7)33(41)35-15-16-43-29-14-10-11-23(5)24(29)6/h8-14,21-22,25,27-28H,15-20H2,1-7H3,(H,35,41)(H,36,39)(H,37,40)/t25-,27-,28-/m0/s1. The third kappa shape index (κ3) is 9.72. The molecule has 0 fully saturated rings. The number of fused-ring (bicyclic) bond motifs is 1. The molecule has 0 spiro atoms. The molecule has 1 heterocycles. The summed E-state index contributed by atoms with van der Waals surface area (Å²) >= 11 is 0. The number of ether oxygens (including phenoxy) is 2. The summed E-state index contributed by atoms with van der Waals surface area (Å²) in [4.78, 5) is 55.5. The van der Waals surface area contributed by atoms with Crippen LogP contribution < -0.4 is 25.4 Å². The summed E-state index contributed by atoms with van der Waals surface area (Å²) < 4.78 is 12.0. The quantitative estimate of drug-likeness (QED) is 0.372. The lowest BCUT2D eigenvalue weighted by Crippen LogP contribution is -2.55. The number of likely N-dealkylation sites (N-methyl/N-ethyl adjacent to an activating group) is 1. The molecule has 0 aromatic heterocycles. The van der Waals surface area contributed by atoms with E-state index in [1.165, 1.54) is 0 Å². The van der Waals surface area contributed by atoms with Crippen LogP contribution in [-0.4, -0.2) is 73.5 Å². The van der Waals surface area contributed by atoms with Crippen molar-refractivity contribution in [2.45, 2.75) is 78.9 Å². The van der Waals surface area contributed by atoms with Crippen molar-refractivity contribution >= 4 is 23.6 Å². The minimum absolute atomic E-state index is 0.124. The molecule has 2 aromatic rings. The Morgan fingerprint density at radius 1 is 1.00 bits per heavy atom. The maximum absolute atomic E-state index is 13.7. The number of amides is 4. The van der Waals surface area contributed by atoms with E-state index in [0.29, 0.717) is 18.6 Å². The second-order valence-corrected chi connectivity index (χ2v) is 12.4. The Labute approximate surface area is 261 Å². The molecule has 44 heavy (non-hydrogen) atoms. The third-order valence-corrected chi connectivity index (χ3v) is 7.77. The van der Waals surface area contributed by atoms with Gasteiger partial charge < -0.3 is 30.3 Å². The third-order valence-electron chi connectivity index (χ3n) is 7.77. The Hall–Kier alpha value is -4.08. The number of para-hydroxylation sites is 1. The number of carbonyl (C=O) groups excluding carboxylic acids is 4. The van der Waals surface area contributed by atoms with Gasteiger partial charge in [0.25, 0.3) is 5.91 Å². The smallest absolute Gasteiger partial charge is 0.255 e. The van der Waals surface area contributed by atoms with Crippen LogP contribution in [0.3, 0.4) is 0 Å². The molecule has 1 aliphatic heterocycles. The Bertz CT molecular complexity index is 1310. The number of benzene rings is 2. The minimum Gasteiger partial charge on any atom is -0.491 e. The highest BCUT2D eigenvalue weighted by molar-refractivity contribution is 6.01. The van der Waals surface area contributed by atoms with Gasteiger partial charge in [-0.1, -0.05) is 52.0 Å². The first kappa shape index (κ1) is 34.4. The SMILES string of the molecule is Cc1cccc(OCCNC(=O)[C@@H]2CC(=O)N[C@@H](CC(C)C)C(=O)N(C)[C@@H](CC(C)C)COc3ccccc3C(=O)N2)c1C. The van der Waals surface area contributed by atoms with Crippen molar-refractivity contribution in [3.8, 4) is 11.5 Å². The maximum Gasteiger partial charge on any atom is 0.255 e. The highest BCUT2D eigenvalue weighted by Gasteiger charge is 2.33. The van der Waals surface area contributed by atoms with Crippen molar-refractivity contribution in [3.05, 3.63) is 59.2 Å². The zero-order chi connectivity index (χ0) is 32.4. The van der Waals surface area contributed by atoms with E-state index in [4.69, 9.17) is 9.47 Å². The Balaban J connectivity index is 1.85. The summed E-state index contributed by atoms with van der Waals surface area (Å²) in [6.07, 6.45) is 0.750. The first-order valence-electron chi connectivity index (χ1n) is 15.4. The summed E-state index contributed by atoms with van der Waals surface area (Å²) in [6, 6.07) is 10.3. The van der Waals surface area contributed by atoms with Crippen LogP contribution in [0.5, 0.6) is 11.5 Å². The van der Waals surface area contributed by atoms with Crippen LogP contribution in [0.1, 0.15) is 68.4 Å². The minimum atomic E-state index is -1.19. The molecule has 3 rings (SSSR count). The average Bonchev–Trinajstić information content (AvgIpc) is 2.97. The lowest BCUT2D eigenvalue weighted by Gasteiger charge is -2.33. The Morgan fingerprint density at radius 2 is 1.70 bits per heavy atom. The molecule has 1 aliphatic rings. The van der Waals surface area contributed by atoms with Crippen LogP contribution in [0.4, 0.5) is 0 Å². The first-order chi connectivity index (χ1) is 20.9. The number of nitrogens with zero attached hydrogens (tertiary/aromatic N) is 1. The zero-order valence-electron chi connectivity index (χ0n) is 27.1. The molecular formula is C34H48N4O6. The molecule has 10 nitrogen and oxygen atoms in total. The van der Waals surface area contributed by atoms with Gasteiger partial charge in [-0.3, -0.25) is 19.2 Å². The van der Waals surface area contributed by atoms with E-state index in [1.54, 1.807) is 36.2 Å². The molecule has 3 atom stereocenters. The van der Waals surface area contributed by atoms with E-state index in [-0.39, 0.29) is 55.5 Å². The number of carbonyl (C=O) groups is 4. The monoisotopic (exact) mass is 608 g/mol. The second-order valence-electron chi connectivity index (χ2n) is 12.4. The van der Waals surface area contributed by atoms with Gasteiger partial charge in [0.15, 0.2) is 0 Å². The van der Waals surface area contributed by atoms with E-state index in [9.17, 15) is 19.2 Å². The van der Waals surface area contributed by atoms with Gasteiger partial charge in [-0.05, 0) is 67.9 Å². The van der Waals surface area contributed by atoms with E-state index in [2.05, 4.69) is 29.8 Å². The van der Waals surface area contributed by atoms with E-state index >= 15 is 0 Å². The van der Waals surface area contributed by atoms with E-state index in [0.717, 1.165) is 16.9 Å². The lowest BCUT2D eigenvalue weighted by atomic mass is 9.99. The summed E-state index contributed by atoms with van der Waals surface area (Å²) in [6.45, 7) is 12.6. The highest BCUT2D eigenvalue weighted by atomic mass is 16.5. The van der Waals surface area contributed by atoms with Crippen molar-refractivity contribution in [2.24, 2.45) is 11.8 Å². The molecule has 4 amide bonds. The Kier molecular flexibility index (Phi) is 12.6. The fourth-order valence-corrected chi connectivity index (χ4v) is 5.19. The second kappa shape index (κ2) is 16.1. The van der Waals surface area contributed by atoms with Gasteiger partial charge in [0.05, 0.1) is 24.6 Å². The molecule has 10 heteroatoms. The average molecular weight is 609 g/mol. The summed E-state index contributed by atoms with van der Waals surface area (Å²) in [5, 5.41) is 8.35. The van der Waals surface area contributed by atoms with E-state index in [1.807, 2.05) is 45.9 Å². The number of hydrogen-bond donors (Lipinski definition) is 3. The van der Waals surface area contributed by atoms with Crippen LogP contribution in [0.2, 0.25) is 0 Å². The zero-order valence-corrected chi connectivity index (χ0v) is 27.1. The lowest BCUT2D eigenvalue weighted by molar-refractivity contribution is -0.138. The normalized spacial score (nSPS) is 19.9. The van der Waals surface area contributed by atoms with Crippen molar-refractivity contribution in [2.75, 3.05) is 26.8 Å². The van der Waals surface area contributed by atoms with Crippen molar-refractivity contribution < 1.29 is 28.7 Å². The van der Waals surface area contributed by atoms with Gasteiger partial charge in [-0.2, -0.15) is 0 Å². The van der Waals surface area contributed by atoms with Gasteiger partial charge in [0, 0.05) is 7.05 Å². The fraction of sp³-hybridized carbons (Fsp3) is 0.529. The molecule has 2 aromatic carbocycles. The molecular weight excluding hydrogens is 560 g/mol. The van der Waals surface area contributed by atoms with Gasteiger partial charge in [0.1, 0.15) is 36.8 Å². The number of nitrogens with one attached hydrogen (secondary N) is 3. The Morgan fingerprint density at radius 3 is 2.41 bits per heavy atom. The molecule has 0 unspecified atom stereocenters. The van der Waals surface area contributed by atoms with Gasteiger partial charge in [0.2, 0.25) is 17.7 Å². The molecule has 0 radical (unpaired) electrons. The largest absolute Gasteiger partial charge is 0.491 e. The number of rotatable bonds is 9.